The van der Waals surface area contributed by atoms with E-state index in [2.05, 4.69) is 0 Å². The van der Waals surface area contributed by atoms with Gasteiger partial charge in [-0.2, -0.15) is 0 Å². The number of ketones is 1. The fourth-order valence-electron chi connectivity index (χ4n) is 2.88. The largest absolute Gasteiger partial charge is 0.504 e. The van der Waals surface area contributed by atoms with Crippen LogP contribution in [0, 0.1) is 20.2 Å². The lowest BCUT2D eigenvalue weighted by Gasteiger charge is -2.03. The number of hydrogen-bond acceptors (Lipinski definition) is 9. The van der Waals surface area contributed by atoms with Gasteiger partial charge in [-0.3, -0.25) is 25.0 Å². The van der Waals surface area contributed by atoms with Gasteiger partial charge in [0.2, 0.25) is 11.5 Å². The molecule has 1 aliphatic rings. The summed E-state index contributed by atoms with van der Waals surface area (Å²) >= 11 is 0. The SMILES string of the molecule is O=C1C(=Cc2cc(O)c(O)c([N+](=O)[O-])c2)Cc2cc(O)c(O)c([N+](=O)[O-])c21. The van der Waals surface area contributed by atoms with Crippen LogP contribution >= 0.6 is 0 Å². The minimum Gasteiger partial charge on any atom is -0.504 e. The van der Waals surface area contributed by atoms with Gasteiger partial charge in [-0.25, -0.2) is 0 Å². The number of phenolic OH excluding ortho intramolecular Hbond substituents is 4. The lowest BCUT2D eigenvalue weighted by atomic mass is 10.1. The van der Waals surface area contributed by atoms with Gasteiger partial charge in [0.15, 0.2) is 17.3 Å². The number of fused-ring (bicyclic) bond motifs is 1. The quantitative estimate of drug-likeness (QED) is 0.270. The van der Waals surface area contributed by atoms with Crippen LogP contribution in [0.15, 0.2) is 23.8 Å². The zero-order valence-electron chi connectivity index (χ0n) is 13.2. The molecule has 3 rings (SSSR count). The average Bonchev–Trinajstić information content (AvgIpc) is 2.86. The highest BCUT2D eigenvalue weighted by atomic mass is 16.6. The molecule has 11 heteroatoms. The second-order valence-corrected chi connectivity index (χ2v) is 5.72. The van der Waals surface area contributed by atoms with Crippen molar-refractivity contribution in [3.8, 4) is 23.0 Å². The third kappa shape index (κ3) is 2.76. The third-order valence-electron chi connectivity index (χ3n) is 4.05. The molecule has 0 amide bonds. The number of rotatable bonds is 3. The molecule has 1 aliphatic carbocycles. The number of nitrogens with zero attached hydrogens (tertiary/aromatic N) is 2. The Kier molecular flexibility index (Phi) is 3.91. The molecule has 0 aromatic heterocycles. The molecule has 0 aliphatic heterocycles. The highest BCUT2D eigenvalue weighted by Crippen LogP contribution is 2.45. The highest BCUT2D eigenvalue weighted by Gasteiger charge is 2.37. The number of nitro benzene ring substituents is 2. The number of hydrogen-bond donors (Lipinski definition) is 4. The van der Waals surface area contributed by atoms with Crippen molar-refractivity contribution >= 4 is 23.2 Å². The van der Waals surface area contributed by atoms with Gasteiger partial charge in [-0.05, 0) is 29.3 Å². The summed E-state index contributed by atoms with van der Waals surface area (Å²) in [6.07, 6.45) is 1.02. The van der Waals surface area contributed by atoms with Crippen LogP contribution in [-0.2, 0) is 6.42 Å². The summed E-state index contributed by atoms with van der Waals surface area (Å²) < 4.78 is 0. The summed E-state index contributed by atoms with van der Waals surface area (Å²) in [5, 5.41) is 60.5. The minimum atomic E-state index is -1.04. The van der Waals surface area contributed by atoms with Gasteiger partial charge in [0.05, 0.1) is 9.85 Å². The molecule has 11 nitrogen and oxygen atoms in total. The van der Waals surface area contributed by atoms with Crippen molar-refractivity contribution in [3.63, 3.8) is 0 Å². The van der Waals surface area contributed by atoms with E-state index < -0.39 is 50.0 Å². The monoisotopic (exact) mass is 374 g/mol. The first-order valence-electron chi connectivity index (χ1n) is 7.29. The van der Waals surface area contributed by atoms with E-state index in [0.29, 0.717) is 0 Å². The number of benzene rings is 2. The van der Waals surface area contributed by atoms with Crippen molar-refractivity contribution in [1.29, 1.82) is 0 Å². The van der Waals surface area contributed by atoms with Gasteiger partial charge in [0, 0.05) is 18.1 Å². The van der Waals surface area contributed by atoms with E-state index in [0.717, 1.165) is 24.3 Å². The first kappa shape index (κ1) is 17.7. The van der Waals surface area contributed by atoms with Gasteiger partial charge in [0.25, 0.3) is 0 Å². The van der Waals surface area contributed by atoms with E-state index in [9.17, 15) is 45.4 Å². The van der Waals surface area contributed by atoms with Crippen LogP contribution in [-0.4, -0.2) is 36.1 Å². The van der Waals surface area contributed by atoms with E-state index in [1.165, 1.54) is 0 Å². The van der Waals surface area contributed by atoms with Crippen LogP contribution in [0.2, 0.25) is 0 Å². The molecular formula is C16H10N2O9. The number of Topliss-reactive ketones (excluding diaryl/α,β-unsaturated/α-hetero) is 1. The predicted molar refractivity (Wildman–Crippen MR) is 88.9 cm³/mol. The predicted octanol–water partition coefficient (Wildman–Crippen LogP) is 2.15. The zero-order chi connectivity index (χ0) is 20.0. The van der Waals surface area contributed by atoms with Gasteiger partial charge in [0.1, 0.15) is 5.56 Å². The first-order valence-corrected chi connectivity index (χ1v) is 7.29. The summed E-state index contributed by atoms with van der Waals surface area (Å²) in [6.45, 7) is 0. The Labute approximate surface area is 149 Å². The number of carbonyl (C=O) groups excluding carboxylic acids is 1. The normalized spacial score (nSPS) is 14.4. The zero-order valence-corrected chi connectivity index (χ0v) is 13.2. The van der Waals surface area contributed by atoms with Crippen molar-refractivity contribution in [3.05, 3.63) is 60.7 Å². The number of phenols is 4. The van der Waals surface area contributed by atoms with Gasteiger partial charge in [-0.15, -0.1) is 0 Å². The summed E-state index contributed by atoms with van der Waals surface area (Å²) in [5.74, 6) is -4.31. The molecule has 0 bridgehead atoms. The second kappa shape index (κ2) is 5.98. The third-order valence-corrected chi connectivity index (χ3v) is 4.05. The van der Waals surface area contributed by atoms with Gasteiger partial charge < -0.3 is 20.4 Å². The Bertz CT molecular complexity index is 1070. The molecule has 2 aromatic rings. The van der Waals surface area contributed by atoms with Crippen LogP contribution in [0.25, 0.3) is 6.08 Å². The summed E-state index contributed by atoms with van der Waals surface area (Å²) in [6, 6.07) is 2.92. The molecule has 0 saturated carbocycles. The van der Waals surface area contributed by atoms with Crippen molar-refractivity contribution in [2.24, 2.45) is 0 Å². The van der Waals surface area contributed by atoms with E-state index >= 15 is 0 Å². The lowest BCUT2D eigenvalue weighted by molar-refractivity contribution is -0.386. The maximum atomic E-state index is 12.5. The van der Waals surface area contributed by atoms with Crippen molar-refractivity contribution < 1.29 is 35.1 Å². The molecule has 0 fully saturated rings. The molecule has 0 saturated heterocycles. The van der Waals surface area contributed by atoms with Crippen molar-refractivity contribution in [2.45, 2.75) is 6.42 Å². The number of aromatic hydroxyl groups is 4. The number of allylic oxidation sites excluding steroid dienone is 1. The number of nitro groups is 2. The second-order valence-electron chi connectivity index (χ2n) is 5.72. The van der Waals surface area contributed by atoms with Crippen LogP contribution < -0.4 is 0 Å². The Morgan fingerprint density at radius 1 is 0.926 bits per heavy atom. The lowest BCUT2D eigenvalue weighted by Crippen LogP contribution is -2.02. The smallest absolute Gasteiger partial charge is 0.326 e. The van der Waals surface area contributed by atoms with Crippen LogP contribution in [0.5, 0.6) is 23.0 Å². The fourth-order valence-corrected chi connectivity index (χ4v) is 2.88. The van der Waals surface area contributed by atoms with E-state index in [1.54, 1.807) is 0 Å². The standard InChI is InChI=1S/C16H10N2O9/c19-10-3-6(2-9(15(10)22)17(24)25)1-8-4-7-5-11(20)16(23)13(18(26)27)12(7)14(8)21/h1-3,5,19-20,22-23H,4H2. The van der Waals surface area contributed by atoms with Crippen LogP contribution in [0.3, 0.4) is 0 Å². The summed E-state index contributed by atoms with van der Waals surface area (Å²) in [7, 11) is 0. The molecule has 2 aromatic carbocycles. The van der Waals surface area contributed by atoms with Gasteiger partial charge >= 0.3 is 11.4 Å². The maximum Gasteiger partial charge on any atom is 0.326 e. The Morgan fingerprint density at radius 3 is 2.15 bits per heavy atom. The molecule has 138 valence electrons. The molecule has 27 heavy (non-hydrogen) atoms. The molecule has 0 unspecified atom stereocenters. The van der Waals surface area contributed by atoms with E-state index in [-0.39, 0.29) is 28.7 Å². The molecule has 0 heterocycles. The first-order chi connectivity index (χ1) is 12.6. The van der Waals surface area contributed by atoms with Crippen molar-refractivity contribution in [1.82, 2.24) is 0 Å². The fraction of sp³-hybridized carbons (Fsp3) is 0.0625. The van der Waals surface area contributed by atoms with E-state index in [1.807, 2.05) is 0 Å². The number of carbonyl (C=O) groups is 1. The summed E-state index contributed by atoms with van der Waals surface area (Å²) in [4.78, 5) is 32.7. The highest BCUT2D eigenvalue weighted by molar-refractivity contribution is 6.18. The molecule has 4 N–H and O–H groups in total. The Balaban J connectivity index is 2.14. The topological polar surface area (TPSA) is 184 Å². The molecule has 0 radical (unpaired) electrons. The average molecular weight is 374 g/mol. The summed E-state index contributed by atoms with van der Waals surface area (Å²) in [5.41, 5.74) is -2.02. The Morgan fingerprint density at radius 2 is 1.56 bits per heavy atom. The van der Waals surface area contributed by atoms with Gasteiger partial charge in [-0.1, -0.05) is 0 Å². The van der Waals surface area contributed by atoms with E-state index in [4.69, 9.17) is 0 Å². The Hall–Kier alpha value is -4.15. The minimum absolute atomic E-state index is 0.00394. The van der Waals surface area contributed by atoms with Crippen LogP contribution in [0.1, 0.15) is 21.5 Å². The van der Waals surface area contributed by atoms with Crippen molar-refractivity contribution in [2.75, 3.05) is 0 Å². The molecular weight excluding hydrogens is 364 g/mol. The molecule has 0 atom stereocenters. The van der Waals surface area contributed by atoms with Crippen LogP contribution in [0.4, 0.5) is 11.4 Å². The molecule has 0 spiro atoms. The maximum absolute atomic E-state index is 12.5.